The van der Waals surface area contributed by atoms with Crippen LogP contribution in [-0.4, -0.2) is 36.5 Å². The lowest BCUT2D eigenvalue weighted by Gasteiger charge is -2.22. The molecule has 0 saturated carbocycles. The summed E-state index contributed by atoms with van der Waals surface area (Å²) in [5.74, 6) is 0. The molecule has 0 aromatic heterocycles. The molecule has 0 bridgehead atoms. The number of benzene rings is 2. The molecule has 0 amide bonds. The molecule has 0 aliphatic carbocycles. The molecule has 0 aliphatic rings. The predicted octanol–water partition coefficient (Wildman–Crippen LogP) is 1.75. The summed E-state index contributed by atoms with van der Waals surface area (Å²) in [5, 5.41) is 17.6. The number of hydrogen-bond acceptors (Lipinski definition) is 4. The van der Waals surface area contributed by atoms with Gasteiger partial charge in [0.15, 0.2) is 0 Å². The van der Waals surface area contributed by atoms with E-state index in [-0.39, 0.29) is 13.2 Å². The summed E-state index contributed by atoms with van der Waals surface area (Å²) in [6, 6.07) is 19.2. The number of nitrogens with two attached hydrogens (primary N) is 1. The smallest absolute Gasteiger partial charge is 0.0606 e. The number of para-hydroxylation sites is 2. The Hall–Kier alpha value is -2.04. The summed E-state index contributed by atoms with van der Waals surface area (Å²) in [7, 11) is 0. The highest BCUT2D eigenvalue weighted by Gasteiger charge is 2.02. The lowest BCUT2D eigenvalue weighted by Crippen LogP contribution is -2.29. The summed E-state index contributed by atoms with van der Waals surface area (Å²) >= 11 is 0. The average Bonchev–Trinajstić information content (AvgIpc) is 2.49. The molecule has 0 aliphatic heterocycles. The molecular formula is C16H22N2O2. The van der Waals surface area contributed by atoms with Crippen molar-refractivity contribution in [1.29, 1.82) is 0 Å². The Balaban J connectivity index is 0.000000240. The Bertz CT molecular complexity index is 443. The van der Waals surface area contributed by atoms with E-state index >= 15 is 0 Å². The van der Waals surface area contributed by atoms with Gasteiger partial charge in [0.05, 0.1) is 13.2 Å². The largest absolute Gasteiger partial charge is 0.399 e. The van der Waals surface area contributed by atoms with Gasteiger partial charge in [-0.25, -0.2) is 0 Å². The third kappa shape index (κ3) is 6.22. The normalized spacial score (nSPS) is 9.50. The first-order valence-electron chi connectivity index (χ1n) is 6.60. The van der Waals surface area contributed by atoms with Crippen molar-refractivity contribution < 1.29 is 10.2 Å². The van der Waals surface area contributed by atoms with Crippen LogP contribution in [0.25, 0.3) is 0 Å². The fourth-order valence-electron chi connectivity index (χ4n) is 1.70. The first-order chi connectivity index (χ1) is 9.77. The van der Waals surface area contributed by atoms with Gasteiger partial charge >= 0.3 is 0 Å². The van der Waals surface area contributed by atoms with E-state index in [1.807, 2.05) is 65.6 Å². The first-order valence-corrected chi connectivity index (χ1v) is 6.60. The molecule has 4 heteroatoms. The molecule has 0 spiro atoms. The second-order valence-corrected chi connectivity index (χ2v) is 4.18. The van der Waals surface area contributed by atoms with E-state index in [1.165, 1.54) is 0 Å². The fourth-order valence-corrected chi connectivity index (χ4v) is 1.70. The maximum atomic E-state index is 8.80. The van der Waals surface area contributed by atoms with Crippen LogP contribution in [0.1, 0.15) is 0 Å². The standard InChI is InChI=1S/C10H15NO2.C6H7N/c12-8-6-11(7-9-13)10-4-2-1-3-5-10;7-6-4-2-1-3-5-6/h1-5,12-13H,6-9H2;1-5H,7H2. The van der Waals surface area contributed by atoms with Crippen LogP contribution in [0.5, 0.6) is 0 Å². The quantitative estimate of drug-likeness (QED) is 0.726. The predicted molar refractivity (Wildman–Crippen MR) is 83.7 cm³/mol. The molecule has 0 fully saturated rings. The Morgan fingerprint density at radius 1 is 0.750 bits per heavy atom. The number of aliphatic hydroxyl groups excluding tert-OH is 2. The molecule has 0 unspecified atom stereocenters. The highest BCUT2D eigenvalue weighted by Crippen LogP contribution is 2.11. The van der Waals surface area contributed by atoms with Crippen molar-refractivity contribution in [3.63, 3.8) is 0 Å². The topological polar surface area (TPSA) is 69.7 Å². The second-order valence-electron chi connectivity index (χ2n) is 4.18. The van der Waals surface area contributed by atoms with Crippen molar-refractivity contribution in [1.82, 2.24) is 0 Å². The number of rotatable bonds is 5. The molecule has 20 heavy (non-hydrogen) atoms. The van der Waals surface area contributed by atoms with E-state index in [2.05, 4.69) is 0 Å². The van der Waals surface area contributed by atoms with Crippen molar-refractivity contribution in [3.05, 3.63) is 60.7 Å². The van der Waals surface area contributed by atoms with Crippen LogP contribution in [0, 0.1) is 0 Å². The zero-order valence-electron chi connectivity index (χ0n) is 11.5. The van der Waals surface area contributed by atoms with Gasteiger partial charge in [-0.2, -0.15) is 0 Å². The molecule has 0 radical (unpaired) electrons. The molecule has 4 nitrogen and oxygen atoms in total. The van der Waals surface area contributed by atoms with E-state index in [4.69, 9.17) is 15.9 Å². The van der Waals surface area contributed by atoms with Crippen LogP contribution >= 0.6 is 0 Å². The van der Waals surface area contributed by atoms with E-state index in [1.54, 1.807) is 0 Å². The molecule has 0 heterocycles. The number of anilines is 2. The summed E-state index contributed by atoms with van der Waals surface area (Å²) in [6.07, 6.45) is 0. The summed E-state index contributed by atoms with van der Waals surface area (Å²) in [6.45, 7) is 1.33. The number of nitrogen functional groups attached to an aromatic ring is 1. The molecule has 108 valence electrons. The summed E-state index contributed by atoms with van der Waals surface area (Å²) in [4.78, 5) is 1.94. The monoisotopic (exact) mass is 274 g/mol. The van der Waals surface area contributed by atoms with E-state index in [0.29, 0.717) is 13.1 Å². The maximum Gasteiger partial charge on any atom is 0.0606 e. The Morgan fingerprint density at radius 2 is 1.20 bits per heavy atom. The Labute approximate surface area is 120 Å². The van der Waals surface area contributed by atoms with Crippen molar-refractivity contribution >= 4 is 11.4 Å². The highest BCUT2D eigenvalue weighted by molar-refractivity contribution is 5.45. The van der Waals surface area contributed by atoms with Crippen LogP contribution in [0.2, 0.25) is 0 Å². The van der Waals surface area contributed by atoms with Crippen molar-refractivity contribution in [2.45, 2.75) is 0 Å². The van der Waals surface area contributed by atoms with Crippen LogP contribution < -0.4 is 10.6 Å². The minimum atomic E-state index is 0.106. The highest BCUT2D eigenvalue weighted by atomic mass is 16.3. The average molecular weight is 274 g/mol. The van der Waals surface area contributed by atoms with Crippen LogP contribution in [0.3, 0.4) is 0 Å². The maximum absolute atomic E-state index is 8.80. The van der Waals surface area contributed by atoms with Gasteiger partial charge in [-0.05, 0) is 24.3 Å². The van der Waals surface area contributed by atoms with Gasteiger partial charge in [-0.3, -0.25) is 0 Å². The molecule has 4 N–H and O–H groups in total. The van der Waals surface area contributed by atoms with Gasteiger partial charge in [0, 0.05) is 24.5 Å². The third-order valence-electron chi connectivity index (χ3n) is 2.66. The second kappa shape index (κ2) is 9.83. The lowest BCUT2D eigenvalue weighted by molar-refractivity contribution is 0.281. The van der Waals surface area contributed by atoms with Gasteiger partial charge in [-0.15, -0.1) is 0 Å². The van der Waals surface area contributed by atoms with Crippen molar-refractivity contribution in [2.75, 3.05) is 36.9 Å². The minimum absolute atomic E-state index is 0.106. The molecule has 2 aromatic rings. The Kier molecular flexibility index (Phi) is 7.87. The zero-order chi connectivity index (χ0) is 14.6. The van der Waals surface area contributed by atoms with E-state index in [9.17, 15) is 0 Å². The van der Waals surface area contributed by atoms with Crippen LogP contribution in [0.15, 0.2) is 60.7 Å². The van der Waals surface area contributed by atoms with Crippen LogP contribution in [-0.2, 0) is 0 Å². The lowest BCUT2D eigenvalue weighted by atomic mass is 10.3. The zero-order valence-corrected chi connectivity index (χ0v) is 11.5. The van der Waals surface area contributed by atoms with Crippen LogP contribution in [0.4, 0.5) is 11.4 Å². The molecule has 0 atom stereocenters. The van der Waals surface area contributed by atoms with Gasteiger partial charge in [0.2, 0.25) is 0 Å². The fraction of sp³-hybridized carbons (Fsp3) is 0.250. The molecule has 2 aromatic carbocycles. The van der Waals surface area contributed by atoms with Crippen molar-refractivity contribution in [3.8, 4) is 0 Å². The summed E-state index contributed by atoms with van der Waals surface area (Å²) in [5.41, 5.74) is 7.21. The Morgan fingerprint density at radius 3 is 1.55 bits per heavy atom. The van der Waals surface area contributed by atoms with E-state index in [0.717, 1.165) is 11.4 Å². The number of hydrogen-bond donors (Lipinski definition) is 3. The molecular weight excluding hydrogens is 252 g/mol. The number of aliphatic hydroxyl groups is 2. The van der Waals surface area contributed by atoms with Gasteiger partial charge in [0.1, 0.15) is 0 Å². The first kappa shape index (κ1) is 16.0. The van der Waals surface area contributed by atoms with Crippen molar-refractivity contribution in [2.24, 2.45) is 0 Å². The third-order valence-corrected chi connectivity index (χ3v) is 2.66. The molecule has 0 saturated heterocycles. The van der Waals surface area contributed by atoms with E-state index < -0.39 is 0 Å². The van der Waals surface area contributed by atoms with Gasteiger partial charge in [-0.1, -0.05) is 36.4 Å². The molecule has 2 rings (SSSR count). The SMILES string of the molecule is Nc1ccccc1.OCCN(CCO)c1ccccc1. The van der Waals surface area contributed by atoms with Gasteiger partial charge < -0.3 is 20.8 Å². The van der Waals surface area contributed by atoms with Gasteiger partial charge in [0.25, 0.3) is 0 Å². The minimum Gasteiger partial charge on any atom is -0.399 e. The summed E-state index contributed by atoms with van der Waals surface area (Å²) < 4.78 is 0. The number of nitrogens with zero attached hydrogens (tertiary/aromatic N) is 1.